The molecular formula is C50H57NO8. The maximum absolute atomic E-state index is 6.93. The number of aliphatic imine (C=N–C) groups is 1. The molecule has 2 aliphatic heterocycles. The van der Waals surface area contributed by atoms with Crippen LogP contribution in [0.2, 0.25) is 0 Å². The molecule has 0 spiro atoms. The van der Waals surface area contributed by atoms with E-state index in [1.807, 2.05) is 141 Å². The molecule has 9 heteroatoms. The van der Waals surface area contributed by atoms with Crippen LogP contribution in [0, 0.1) is 0 Å². The summed E-state index contributed by atoms with van der Waals surface area (Å²) in [5.74, 6) is -0.793. The van der Waals surface area contributed by atoms with Crippen LogP contribution in [-0.2, 0) is 70.7 Å². The van der Waals surface area contributed by atoms with Gasteiger partial charge in [-0.1, -0.05) is 152 Å². The Labute approximate surface area is 349 Å². The third kappa shape index (κ3) is 12.5. The van der Waals surface area contributed by atoms with Crippen molar-refractivity contribution < 1.29 is 37.9 Å². The number of hydrogen-bond acceptors (Lipinski definition) is 9. The first-order valence-corrected chi connectivity index (χ1v) is 20.6. The minimum atomic E-state index is -0.885. The minimum absolute atomic E-state index is 0.143. The first-order valence-electron chi connectivity index (χ1n) is 20.6. The lowest BCUT2D eigenvalue weighted by molar-refractivity contribution is -0.329. The van der Waals surface area contributed by atoms with E-state index in [0.717, 1.165) is 35.1 Å². The molecule has 0 amide bonds. The zero-order valence-electron chi connectivity index (χ0n) is 34.1. The average molecular weight is 800 g/mol. The van der Waals surface area contributed by atoms with E-state index in [4.69, 9.17) is 37.9 Å². The van der Waals surface area contributed by atoms with Crippen molar-refractivity contribution in [2.45, 2.75) is 108 Å². The van der Waals surface area contributed by atoms with E-state index in [1.165, 1.54) is 5.56 Å². The van der Waals surface area contributed by atoms with Gasteiger partial charge in [0.1, 0.15) is 36.6 Å². The molecule has 0 aromatic heterocycles. The summed E-state index contributed by atoms with van der Waals surface area (Å²) in [5, 5.41) is 0. The second-order valence-corrected chi connectivity index (χ2v) is 15.6. The number of hydrogen-bond donors (Lipinski definition) is 0. The van der Waals surface area contributed by atoms with Crippen molar-refractivity contribution in [3.63, 3.8) is 0 Å². The maximum Gasteiger partial charge on any atom is 0.187 e. The SMILES string of the molecule is C=N[C@@H](COC1OC(COCc2ccccc2)C(OCc2ccccc2)C(OCc2ccccc2)C1OCc1ccccc1)[C@@H]1OC(C)(C)O[C@@H]1CCc1ccccc1. The van der Waals surface area contributed by atoms with Crippen molar-refractivity contribution in [2.24, 2.45) is 4.99 Å². The lowest BCUT2D eigenvalue weighted by Gasteiger charge is -2.46. The van der Waals surface area contributed by atoms with Gasteiger partial charge in [0.05, 0.1) is 45.7 Å². The molecule has 0 N–H and O–H groups in total. The van der Waals surface area contributed by atoms with Crippen LogP contribution in [-0.4, -0.2) is 74.7 Å². The molecule has 8 atom stereocenters. The van der Waals surface area contributed by atoms with Crippen LogP contribution in [0.3, 0.4) is 0 Å². The number of benzene rings is 5. The van der Waals surface area contributed by atoms with Crippen molar-refractivity contribution in [3.8, 4) is 0 Å². The highest BCUT2D eigenvalue weighted by molar-refractivity contribution is 5.25. The normalized spacial score (nSPS) is 24.4. The molecule has 9 nitrogen and oxygen atoms in total. The number of rotatable bonds is 21. The zero-order valence-corrected chi connectivity index (χ0v) is 34.1. The van der Waals surface area contributed by atoms with E-state index in [9.17, 15) is 0 Å². The Hall–Kier alpha value is -4.55. The molecule has 0 aliphatic carbocycles. The third-order valence-corrected chi connectivity index (χ3v) is 10.7. The zero-order chi connectivity index (χ0) is 40.7. The van der Waals surface area contributed by atoms with E-state index < -0.39 is 48.6 Å². The Bertz CT molecular complexity index is 1940. The predicted molar refractivity (Wildman–Crippen MR) is 228 cm³/mol. The van der Waals surface area contributed by atoms with E-state index in [0.29, 0.717) is 26.4 Å². The quantitative estimate of drug-likeness (QED) is 0.0681. The first-order chi connectivity index (χ1) is 28.9. The highest BCUT2D eigenvalue weighted by Gasteiger charge is 2.50. The van der Waals surface area contributed by atoms with Crippen LogP contribution in [0.25, 0.3) is 0 Å². The maximum atomic E-state index is 6.93. The van der Waals surface area contributed by atoms with Gasteiger partial charge in [-0.15, -0.1) is 0 Å². The molecule has 59 heavy (non-hydrogen) atoms. The second-order valence-electron chi connectivity index (χ2n) is 15.6. The van der Waals surface area contributed by atoms with Crippen molar-refractivity contribution in [3.05, 3.63) is 179 Å². The molecule has 0 radical (unpaired) electrons. The molecule has 2 saturated heterocycles. The minimum Gasteiger partial charge on any atom is -0.374 e. The van der Waals surface area contributed by atoms with E-state index >= 15 is 0 Å². The van der Waals surface area contributed by atoms with Gasteiger partial charge in [0, 0.05) is 0 Å². The Kier molecular flexibility index (Phi) is 15.6. The van der Waals surface area contributed by atoms with Gasteiger partial charge in [-0.05, 0) is 61.2 Å². The Morgan fingerprint density at radius 1 is 0.542 bits per heavy atom. The lowest BCUT2D eigenvalue weighted by atomic mass is 9.97. The first kappa shape index (κ1) is 42.6. The molecule has 2 aliphatic rings. The van der Waals surface area contributed by atoms with Crippen LogP contribution in [0.15, 0.2) is 157 Å². The smallest absolute Gasteiger partial charge is 0.187 e. The molecule has 5 aromatic rings. The van der Waals surface area contributed by atoms with Crippen molar-refractivity contribution in [2.75, 3.05) is 13.2 Å². The van der Waals surface area contributed by atoms with E-state index in [2.05, 4.69) is 36.0 Å². The van der Waals surface area contributed by atoms with Crippen LogP contribution < -0.4 is 0 Å². The average Bonchev–Trinajstić information content (AvgIpc) is 3.59. The monoisotopic (exact) mass is 799 g/mol. The molecule has 5 unspecified atom stereocenters. The highest BCUT2D eigenvalue weighted by Crippen LogP contribution is 2.35. The second kappa shape index (κ2) is 21.6. The van der Waals surface area contributed by atoms with Crippen LogP contribution in [0.4, 0.5) is 0 Å². The Morgan fingerprint density at radius 2 is 1.00 bits per heavy atom. The summed E-state index contributed by atoms with van der Waals surface area (Å²) in [5.41, 5.74) is 5.35. The summed E-state index contributed by atoms with van der Waals surface area (Å²) >= 11 is 0. The fourth-order valence-electron chi connectivity index (χ4n) is 7.69. The van der Waals surface area contributed by atoms with Crippen molar-refractivity contribution in [1.82, 2.24) is 0 Å². The molecule has 2 heterocycles. The number of nitrogens with zero attached hydrogens (tertiary/aromatic N) is 1. The van der Waals surface area contributed by atoms with Crippen LogP contribution in [0.1, 0.15) is 48.1 Å². The fraction of sp³-hybridized carbons (Fsp3) is 0.380. The van der Waals surface area contributed by atoms with E-state index in [1.54, 1.807) is 0 Å². The van der Waals surface area contributed by atoms with Crippen LogP contribution in [0.5, 0.6) is 0 Å². The van der Waals surface area contributed by atoms with Gasteiger partial charge in [-0.3, -0.25) is 4.99 Å². The van der Waals surface area contributed by atoms with Gasteiger partial charge >= 0.3 is 0 Å². The summed E-state index contributed by atoms with van der Waals surface area (Å²) in [7, 11) is 0. The Balaban J connectivity index is 1.16. The van der Waals surface area contributed by atoms with Crippen molar-refractivity contribution in [1.29, 1.82) is 0 Å². The third-order valence-electron chi connectivity index (χ3n) is 10.7. The van der Waals surface area contributed by atoms with Gasteiger partial charge in [-0.2, -0.15) is 0 Å². The summed E-state index contributed by atoms with van der Waals surface area (Å²) in [6.07, 6.45) is -2.40. The van der Waals surface area contributed by atoms with Gasteiger partial charge < -0.3 is 37.9 Å². The number of aryl methyl sites for hydroxylation is 1. The molecule has 5 aromatic carbocycles. The predicted octanol–water partition coefficient (Wildman–Crippen LogP) is 8.92. The van der Waals surface area contributed by atoms with Gasteiger partial charge in [-0.25, -0.2) is 0 Å². The molecule has 310 valence electrons. The molecule has 7 rings (SSSR count). The molecule has 0 bridgehead atoms. The summed E-state index contributed by atoms with van der Waals surface area (Å²) in [6.45, 7) is 9.61. The standard InChI is InChI=1S/C50H57NO8/c1-50(2)58-43(30-29-37-19-9-4-10-20-37)45(59-50)42(51-3)35-56-49-48(55-34-41-27-17-8-18-28-41)47(54-33-40-25-15-7-16-26-40)46(53-32-39-23-13-6-14-24-39)44(57-49)36-52-31-38-21-11-5-12-22-38/h4-28,42-49H,3,29-36H2,1-2H3/t42-,43+,44?,45-,46?,47?,48?,49?/m0/s1. The Morgan fingerprint density at radius 3 is 1.51 bits per heavy atom. The topological polar surface area (TPSA) is 86.2 Å². The lowest BCUT2D eigenvalue weighted by Crippen LogP contribution is -2.62. The highest BCUT2D eigenvalue weighted by atomic mass is 16.8. The van der Waals surface area contributed by atoms with E-state index in [-0.39, 0.29) is 19.3 Å². The molecule has 2 fully saturated rings. The van der Waals surface area contributed by atoms with Gasteiger partial charge in [0.2, 0.25) is 0 Å². The van der Waals surface area contributed by atoms with Crippen molar-refractivity contribution >= 4 is 6.72 Å². The molecular weight excluding hydrogens is 743 g/mol. The number of ether oxygens (including phenoxy) is 8. The van der Waals surface area contributed by atoms with Gasteiger partial charge in [0.25, 0.3) is 0 Å². The molecule has 0 saturated carbocycles. The summed E-state index contributed by atoms with van der Waals surface area (Å²) in [4.78, 5) is 4.56. The largest absolute Gasteiger partial charge is 0.374 e. The van der Waals surface area contributed by atoms with Gasteiger partial charge in [0.15, 0.2) is 12.1 Å². The fourth-order valence-corrected chi connectivity index (χ4v) is 7.69. The van der Waals surface area contributed by atoms with Crippen LogP contribution >= 0.6 is 0 Å². The summed E-state index contributed by atoms with van der Waals surface area (Å²) < 4.78 is 53.6. The summed E-state index contributed by atoms with van der Waals surface area (Å²) in [6, 6.07) is 50.3.